The molecule has 0 aliphatic rings. The number of nitrogens with zero attached hydrogens (tertiary/aromatic N) is 3. The average Bonchev–Trinajstić information content (AvgIpc) is 3.01. The third-order valence-corrected chi connectivity index (χ3v) is 4.83. The van der Waals surface area contributed by atoms with Gasteiger partial charge in [-0.05, 0) is 35.4 Å². The van der Waals surface area contributed by atoms with E-state index in [0.717, 1.165) is 21.6 Å². The first-order chi connectivity index (χ1) is 12.2. The second kappa shape index (κ2) is 8.30. The van der Waals surface area contributed by atoms with Crippen LogP contribution in [0.5, 0.6) is 0 Å². The van der Waals surface area contributed by atoms with Crippen molar-refractivity contribution in [3.63, 3.8) is 0 Å². The van der Waals surface area contributed by atoms with Crippen molar-refractivity contribution in [2.75, 3.05) is 0 Å². The highest BCUT2D eigenvalue weighted by molar-refractivity contribution is 7.07. The number of allylic oxidation sites excluding steroid dienone is 1. The van der Waals surface area contributed by atoms with Gasteiger partial charge in [-0.2, -0.15) is 5.10 Å². The molecule has 0 aliphatic heterocycles. The van der Waals surface area contributed by atoms with Gasteiger partial charge in [0.05, 0.1) is 11.9 Å². The first-order valence-electron chi connectivity index (χ1n) is 7.55. The lowest BCUT2D eigenvalue weighted by Crippen LogP contribution is -2.14. The molecule has 0 radical (unpaired) electrons. The highest BCUT2D eigenvalue weighted by Crippen LogP contribution is 2.22. The maximum absolute atomic E-state index is 5.98. The van der Waals surface area contributed by atoms with Gasteiger partial charge >= 0.3 is 0 Å². The predicted octanol–water partition coefficient (Wildman–Crippen LogP) is 5.64. The molecule has 0 saturated heterocycles. The summed E-state index contributed by atoms with van der Waals surface area (Å²) in [6.45, 7) is 4.48. The third-order valence-electron chi connectivity index (χ3n) is 3.47. The number of hydrogen-bond donors (Lipinski definition) is 0. The van der Waals surface area contributed by atoms with E-state index in [2.05, 4.69) is 26.7 Å². The minimum absolute atomic E-state index is 0.650. The Kier molecular flexibility index (Phi) is 5.87. The van der Waals surface area contributed by atoms with E-state index < -0.39 is 0 Å². The van der Waals surface area contributed by atoms with Gasteiger partial charge in [0.15, 0.2) is 0 Å². The Morgan fingerprint density at radius 3 is 2.28 bits per heavy atom. The number of rotatable bonds is 5. The molecule has 0 amide bonds. The van der Waals surface area contributed by atoms with Gasteiger partial charge in [-0.25, -0.2) is 0 Å². The fourth-order valence-corrected chi connectivity index (χ4v) is 3.39. The molecule has 0 saturated carbocycles. The zero-order valence-electron chi connectivity index (χ0n) is 13.3. The molecule has 3 nitrogen and oxygen atoms in total. The predicted molar refractivity (Wildman–Crippen MR) is 108 cm³/mol. The van der Waals surface area contributed by atoms with Crippen LogP contribution in [0.25, 0.3) is 11.3 Å². The second-order valence-electron chi connectivity index (χ2n) is 5.21. The number of aromatic nitrogens is 1. The van der Waals surface area contributed by atoms with Gasteiger partial charge in [-0.15, -0.1) is 23.0 Å². The van der Waals surface area contributed by atoms with Crippen LogP contribution in [0.4, 0.5) is 0 Å². The van der Waals surface area contributed by atoms with E-state index in [9.17, 15) is 0 Å². The molecule has 3 aromatic rings. The van der Waals surface area contributed by atoms with E-state index >= 15 is 0 Å². The summed E-state index contributed by atoms with van der Waals surface area (Å²) in [6.07, 6.45) is 3.55. The average molecular weight is 388 g/mol. The Morgan fingerprint density at radius 2 is 1.64 bits per heavy atom. The van der Waals surface area contributed by atoms with Crippen molar-refractivity contribution in [1.29, 1.82) is 0 Å². The van der Waals surface area contributed by atoms with Gasteiger partial charge in [0.1, 0.15) is 0 Å². The summed E-state index contributed by atoms with van der Waals surface area (Å²) < 4.78 is 2.07. The molecule has 0 fully saturated rings. The number of benzene rings is 2. The Balaban J connectivity index is 1.94. The minimum atomic E-state index is 0.650. The van der Waals surface area contributed by atoms with E-state index in [1.165, 1.54) is 11.3 Å². The summed E-state index contributed by atoms with van der Waals surface area (Å²) in [5.74, 6) is 0. The molecule has 0 unspecified atom stereocenters. The molecule has 1 aromatic heterocycles. The molecule has 2 aromatic carbocycles. The SMILES string of the molecule is C=CCn1c(-c2ccc(Cl)cc2)cs/c1=N\N=C/c1ccc(Cl)cc1. The fourth-order valence-electron chi connectivity index (χ4n) is 2.26. The van der Waals surface area contributed by atoms with E-state index in [4.69, 9.17) is 23.2 Å². The van der Waals surface area contributed by atoms with Crippen molar-refractivity contribution in [1.82, 2.24) is 4.57 Å². The minimum Gasteiger partial charge on any atom is -0.311 e. The van der Waals surface area contributed by atoms with Crippen LogP contribution < -0.4 is 4.80 Å². The van der Waals surface area contributed by atoms with E-state index in [0.29, 0.717) is 16.6 Å². The van der Waals surface area contributed by atoms with E-state index in [1.54, 1.807) is 6.21 Å². The molecule has 0 aliphatic carbocycles. The van der Waals surface area contributed by atoms with Crippen LogP contribution in [0.1, 0.15) is 5.56 Å². The molecule has 126 valence electrons. The molecule has 0 N–H and O–H groups in total. The van der Waals surface area contributed by atoms with Gasteiger partial charge in [0.25, 0.3) is 0 Å². The van der Waals surface area contributed by atoms with Crippen LogP contribution in [0.3, 0.4) is 0 Å². The van der Waals surface area contributed by atoms with Gasteiger partial charge in [0, 0.05) is 22.0 Å². The normalized spacial score (nSPS) is 12.0. The van der Waals surface area contributed by atoms with Gasteiger partial charge in [-0.3, -0.25) is 0 Å². The van der Waals surface area contributed by atoms with Crippen LogP contribution in [-0.4, -0.2) is 10.8 Å². The van der Waals surface area contributed by atoms with Crippen molar-refractivity contribution in [2.24, 2.45) is 10.2 Å². The molecule has 0 bridgehead atoms. The van der Waals surface area contributed by atoms with E-state index in [-0.39, 0.29) is 0 Å². The van der Waals surface area contributed by atoms with Gasteiger partial charge in [-0.1, -0.05) is 53.5 Å². The molecule has 6 heteroatoms. The molecule has 3 rings (SSSR count). The molecule has 0 atom stereocenters. The number of thiazole rings is 1. The van der Waals surface area contributed by atoms with Crippen LogP contribution in [0.2, 0.25) is 10.0 Å². The summed E-state index contributed by atoms with van der Waals surface area (Å²) >= 11 is 13.4. The van der Waals surface area contributed by atoms with Gasteiger partial charge in [0.2, 0.25) is 4.80 Å². The summed E-state index contributed by atoms with van der Waals surface area (Å²) in [6, 6.07) is 15.2. The highest BCUT2D eigenvalue weighted by Gasteiger charge is 2.06. The smallest absolute Gasteiger partial charge is 0.211 e. The molecule has 25 heavy (non-hydrogen) atoms. The Morgan fingerprint density at radius 1 is 1.00 bits per heavy atom. The Hall–Kier alpha value is -2.14. The van der Waals surface area contributed by atoms with E-state index in [1.807, 2.05) is 54.6 Å². The number of halogens is 2. The monoisotopic (exact) mass is 387 g/mol. The second-order valence-corrected chi connectivity index (χ2v) is 6.92. The van der Waals surface area contributed by atoms with Crippen LogP contribution >= 0.6 is 34.5 Å². The summed E-state index contributed by atoms with van der Waals surface area (Å²) in [7, 11) is 0. The lowest BCUT2D eigenvalue weighted by atomic mass is 10.2. The molecule has 1 heterocycles. The molecular weight excluding hydrogens is 373 g/mol. The first-order valence-corrected chi connectivity index (χ1v) is 9.19. The standard InChI is InChI=1S/C19H15Cl2N3S/c1-2-11-24-18(15-5-9-17(21)10-6-15)13-25-19(24)23-22-12-14-3-7-16(20)8-4-14/h2-10,12-13H,1,11H2/b22-12-,23-19-. The topological polar surface area (TPSA) is 29.6 Å². The summed E-state index contributed by atoms with van der Waals surface area (Å²) in [4.78, 5) is 0.801. The van der Waals surface area contributed by atoms with Crippen LogP contribution in [0.15, 0.2) is 76.8 Å². The highest BCUT2D eigenvalue weighted by atomic mass is 35.5. The van der Waals surface area contributed by atoms with Crippen molar-refractivity contribution < 1.29 is 0 Å². The largest absolute Gasteiger partial charge is 0.311 e. The number of hydrogen-bond acceptors (Lipinski definition) is 3. The van der Waals surface area contributed by atoms with Gasteiger partial charge < -0.3 is 4.57 Å². The maximum Gasteiger partial charge on any atom is 0.211 e. The zero-order valence-corrected chi connectivity index (χ0v) is 15.6. The lowest BCUT2D eigenvalue weighted by molar-refractivity contribution is 0.789. The summed E-state index contributed by atoms with van der Waals surface area (Å²) in [5, 5.41) is 12.0. The zero-order chi connectivity index (χ0) is 17.6. The summed E-state index contributed by atoms with van der Waals surface area (Å²) in [5.41, 5.74) is 3.07. The van der Waals surface area contributed by atoms with Crippen LogP contribution in [0, 0.1) is 0 Å². The van der Waals surface area contributed by atoms with Crippen molar-refractivity contribution in [3.8, 4) is 11.3 Å². The van der Waals surface area contributed by atoms with Crippen molar-refractivity contribution in [2.45, 2.75) is 6.54 Å². The maximum atomic E-state index is 5.98. The molecule has 0 spiro atoms. The van der Waals surface area contributed by atoms with Crippen molar-refractivity contribution >= 4 is 40.8 Å². The fraction of sp³-hybridized carbons (Fsp3) is 0.0526. The Bertz CT molecular complexity index is 952. The molecular formula is C19H15Cl2N3S. The lowest BCUT2D eigenvalue weighted by Gasteiger charge is -2.06. The van der Waals surface area contributed by atoms with Crippen molar-refractivity contribution in [3.05, 3.63) is 87.0 Å². The quantitative estimate of drug-likeness (QED) is 0.307. The third kappa shape index (κ3) is 4.48. The van der Waals surface area contributed by atoms with Crippen LogP contribution in [-0.2, 0) is 6.54 Å². The first kappa shape index (κ1) is 17.7. The Labute approximate surface area is 160 Å².